The van der Waals surface area contributed by atoms with Gasteiger partial charge in [0.2, 0.25) is 0 Å². The predicted molar refractivity (Wildman–Crippen MR) is 114 cm³/mol. The van der Waals surface area contributed by atoms with E-state index in [1.807, 2.05) is 66.2 Å². The molecule has 0 aliphatic carbocycles. The number of ether oxygens (including phenoxy) is 1. The smallest absolute Gasteiger partial charge is 0.340 e. The summed E-state index contributed by atoms with van der Waals surface area (Å²) >= 11 is 0. The Labute approximate surface area is 169 Å². The molecule has 0 fully saturated rings. The first-order chi connectivity index (χ1) is 14.1. The Morgan fingerprint density at radius 2 is 1.52 bits per heavy atom. The van der Waals surface area contributed by atoms with Gasteiger partial charge in [0.15, 0.2) is 5.78 Å². The van der Waals surface area contributed by atoms with Gasteiger partial charge >= 0.3 is 5.97 Å². The van der Waals surface area contributed by atoms with Crippen LogP contribution in [0.4, 0.5) is 0 Å². The van der Waals surface area contributed by atoms with E-state index in [-0.39, 0.29) is 18.4 Å². The summed E-state index contributed by atoms with van der Waals surface area (Å²) in [5.41, 5.74) is 4.21. The van der Waals surface area contributed by atoms with E-state index in [1.54, 1.807) is 31.2 Å². The SMILES string of the molecule is CCOC(=O)c1c(-c2ccccc2)n(C)c2ccc(C(=O)c3ccccc3)cc12. The van der Waals surface area contributed by atoms with Crippen LogP contribution in [0.5, 0.6) is 0 Å². The molecule has 4 nitrogen and oxygen atoms in total. The summed E-state index contributed by atoms with van der Waals surface area (Å²) < 4.78 is 7.34. The molecule has 1 heterocycles. The largest absolute Gasteiger partial charge is 0.462 e. The van der Waals surface area contributed by atoms with E-state index < -0.39 is 0 Å². The molecule has 144 valence electrons. The van der Waals surface area contributed by atoms with Crippen molar-refractivity contribution >= 4 is 22.7 Å². The molecular formula is C25H21NO3. The lowest BCUT2D eigenvalue weighted by Gasteiger charge is -2.08. The lowest BCUT2D eigenvalue weighted by atomic mass is 9.99. The van der Waals surface area contributed by atoms with E-state index in [1.165, 1.54) is 0 Å². The van der Waals surface area contributed by atoms with E-state index in [9.17, 15) is 9.59 Å². The number of esters is 1. The molecule has 0 amide bonds. The van der Waals surface area contributed by atoms with Gasteiger partial charge in [-0.2, -0.15) is 0 Å². The highest BCUT2D eigenvalue weighted by Crippen LogP contribution is 2.34. The van der Waals surface area contributed by atoms with Gasteiger partial charge in [-0.3, -0.25) is 4.79 Å². The Hall–Kier alpha value is -3.66. The van der Waals surface area contributed by atoms with Crippen molar-refractivity contribution in [3.05, 3.63) is 95.6 Å². The Kier molecular flexibility index (Phi) is 5.00. The van der Waals surface area contributed by atoms with Crippen molar-refractivity contribution in [3.63, 3.8) is 0 Å². The number of carbonyl (C=O) groups excluding carboxylic acids is 2. The Morgan fingerprint density at radius 1 is 0.862 bits per heavy atom. The fraction of sp³-hybridized carbons (Fsp3) is 0.120. The van der Waals surface area contributed by atoms with Crippen LogP contribution in [0.2, 0.25) is 0 Å². The number of rotatable bonds is 5. The molecule has 0 unspecified atom stereocenters. The van der Waals surface area contributed by atoms with Crippen molar-refractivity contribution in [2.24, 2.45) is 7.05 Å². The predicted octanol–water partition coefficient (Wildman–Crippen LogP) is 5.25. The number of nitrogens with zero attached hydrogens (tertiary/aromatic N) is 1. The highest BCUT2D eigenvalue weighted by molar-refractivity contribution is 6.15. The number of hydrogen-bond donors (Lipinski definition) is 0. The number of aromatic nitrogens is 1. The van der Waals surface area contributed by atoms with Crippen LogP contribution in [0.3, 0.4) is 0 Å². The third-order valence-electron chi connectivity index (χ3n) is 5.02. The second-order valence-corrected chi connectivity index (χ2v) is 6.80. The number of hydrogen-bond acceptors (Lipinski definition) is 3. The highest BCUT2D eigenvalue weighted by Gasteiger charge is 2.24. The number of ketones is 1. The Bertz CT molecular complexity index is 1190. The molecule has 1 aromatic heterocycles. The molecule has 0 radical (unpaired) electrons. The summed E-state index contributed by atoms with van der Waals surface area (Å²) in [4.78, 5) is 25.8. The zero-order chi connectivity index (χ0) is 20.4. The lowest BCUT2D eigenvalue weighted by Crippen LogP contribution is -2.07. The monoisotopic (exact) mass is 383 g/mol. The molecule has 4 aromatic rings. The first kappa shape index (κ1) is 18.7. The number of aryl methyl sites for hydroxylation is 1. The van der Waals surface area contributed by atoms with Gasteiger partial charge in [0.1, 0.15) is 0 Å². The van der Waals surface area contributed by atoms with Crippen LogP contribution in [-0.2, 0) is 11.8 Å². The van der Waals surface area contributed by atoms with Crippen molar-refractivity contribution in [2.75, 3.05) is 6.61 Å². The average molecular weight is 383 g/mol. The molecule has 0 N–H and O–H groups in total. The molecule has 0 aliphatic heterocycles. The van der Waals surface area contributed by atoms with Gasteiger partial charge in [0.05, 0.1) is 17.9 Å². The van der Waals surface area contributed by atoms with Gasteiger partial charge in [-0.05, 0) is 30.7 Å². The van der Waals surface area contributed by atoms with Crippen LogP contribution >= 0.6 is 0 Å². The lowest BCUT2D eigenvalue weighted by molar-refractivity contribution is 0.0529. The summed E-state index contributed by atoms with van der Waals surface area (Å²) in [5.74, 6) is -0.464. The summed E-state index contributed by atoms with van der Waals surface area (Å²) in [6.45, 7) is 2.07. The fourth-order valence-corrected chi connectivity index (χ4v) is 3.69. The summed E-state index contributed by atoms with van der Waals surface area (Å²) in [7, 11) is 1.92. The summed E-state index contributed by atoms with van der Waals surface area (Å²) in [5, 5.41) is 0.714. The van der Waals surface area contributed by atoms with Gasteiger partial charge in [0, 0.05) is 29.1 Å². The molecular weight excluding hydrogens is 362 g/mol. The molecule has 4 heteroatoms. The molecule has 4 rings (SSSR count). The average Bonchev–Trinajstić information content (AvgIpc) is 3.06. The van der Waals surface area contributed by atoms with Crippen LogP contribution in [0.25, 0.3) is 22.2 Å². The maximum atomic E-state index is 12.9. The number of fused-ring (bicyclic) bond motifs is 1. The van der Waals surface area contributed by atoms with Crippen molar-refractivity contribution in [1.82, 2.24) is 4.57 Å². The van der Waals surface area contributed by atoms with E-state index in [2.05, 4.69) is 0 Å². The first-order valence-electron chi connectivity index (χ1n) is 9.56. The molecule has 3 aromatic carbocycles. The van der Waals surface area contributed by atoms with Crippen molar-refractivity contribution in [2.45, 2.75) is 6.92 Å². The third kappa shape index (κ3) is 3.34. The second kappa shape index (κ2) is 7.76. The van der Waals surface area contributed by atoms with E-state index in [0.717, 1.165) is 16.8 Å². The number of carbonyl (C=O) groups is 2. The molecule has 0 atom stereocenters. The van der Waals surface area contributed by atoms with Crippen LogP contribution in [0.1, 0.15) is 33.2 Å². The third-order valence-corrected chi connectivity index (χ3v) is 5.02. The Balaban J connectivity index is 1.95. The topological polar surface area (TPSA) is 48.3 Å². The van der Waals surface area contributed by atoms with Crippen molar-refractivity contribution in [3.8, 4) is 11.3 Å². The molecule has 0 bridgehead atoms. The van der Waals surface area contributed by atoms with Crippen LogP contribution < -0.4 is 0 Å². The van der Waals surface area contributed by atoms with Crippen molar-refractivity contribution in [1.29, 1.82) is 0 Å². The van der Waals surface area contributed by atoms with Crippen molar-refractivity contribution < 1.29 is 14.3 Å². The van der Waals surface area contributed by atoms with Gasteiger partial charge in [0.25, 0.3) is 0 Å². The molecule has 0 saturated heterocycles. The summed E-state index contributed by atoms with van der Waals surface area (Å²) in [6, 6.07) is 24.4. The first-order valence-corrected chi connectivity index (χ1v) is 9.56. The standard InChI is InChI=1S/C25H21NO3/c1-3-29-25(28)22-20-16-19(24(27)18-12-8-5-9-13-18)14-15-21(20)26(2)23(22)17-10-6-4-7-11-17/h4-16H,3H2,1-2H3. The van der Waals surface area contributed by atoms with E-state index in [0.29, 0.717) is 22.1 Å². The van der Waals surface area contributed by atoms with Crippen LogP contribution in [-0.4, -0.2) is 22.9 Å². The van der Waals surface area contributed by atoms with E-state index in [4.69, 9.17) is 4.74 Å². The maximum absolute atomic E-state index is 12.9. The van der Waals surface area contributed by atoms with Crippen LogP contribution in [0, 0.1) is 0 Å². The van der Waals surface area contributed by atoms with Gasteiger partial charge in [-0.25, -0.2) is 4.79 Å². The summed E-state index contributed by atoms with van der Waals surface area (Å²) in [6.07, 6.45) is 0. The quantitative estimate of drug-likeness (QED) is 0.349. The van der Waals surface area contributed by atoms with Crippen LogP contribution in [0.15, 0.2) is 78.9 Å². The molecule has 0 saturated carbocycles. The highest BCUT2D eigenvalue weighted by atomic mass is 16.5. The van der Waals surface area contributed by atoms with Gasteiger partial charge < -0.3 is 9.30 Å². The van der Waals surface area contributed by atoms with Gasteiger partial charge in [-0.1, -0.05) is 60.7 Å². The normalized spacial score (nSPS) is 10.8. The zero-order valence-corrected chi connectivity index (χ0v) is 16.4. The van der Waals surface area contributed by atoms with Gasteiger partial charge in [-0.15, -0.1) is 0 Å². The second-order valence-electron chi connectivity index (χ2n) is 6.80. The number of benzene rings is 3. The minimum Gasteiger partial charge on any atom is -0.462 e. The molecule has 0 spiro atoms. The zero-order valence-electron chi connectivity index (χ0n) is 16.4. The fourth-order valence-electron chi connectivity index (χ4n) is 3.69. The molecule has 0 aliphatic rings. The minimum absolute atomic E-state index is 0.0765. The maximum Gasteiger partial charge on any atom is 0.340 e. The van der Waals surface area contributed by atoms with E-state index >= 15 is 0 Å². The minimum atomic E-state index is -0.388. The molecule has 29 heavy (non-hydrogen) atoms. The Morgan fingerprint density at radius 3 is 2.17 bits per heavy atom.